The summed E-state index contributed by atoms with van der Waals surface area (Å²) in [5, 5.41) is 0. The van der Waals surface area contributed by atoms with E-state index in [4.69, 9.17) is 6.42 Å². The number of hydrogen-bond donors (Lipinski definition) is 0. The van der Waals surface area contributed by atoms with E-state index in [0.717, 1.165) is 51.2 Å². The van der Waals surface area contributed by atoms with Gasteiger partial charge < -0.3 is 4.90 Å². The Morgan fingerprint density at radius 3 is 2.62 bits per heavy atom. The normalized spacial score (nSPS) is 22.5. The van der Waals surface area contributed by atoms with Crippen LogP contribution in [0.15, 0.2) is 35.2 Å². The van der Waals surface area contributed by atoms with Crippen LogP contribution in [0, 0.1) is 24.2 Å². The second-order valence-corrected chi connectivity index (χ2v) is 7.91. The number of likely N-dealkylation sites (tertiary alicyclic amines) is 2. The van der Waals surface area contributed by atoms with E-state index in [1.165, 1.54) is 4.90 Å². The summed E-state index contributed by atoms with van der Waals surface area (Å²) < 4.78 is 0. The summed E-state index contributed by atoms with van der Waals surface area (Å²) in [4.78, 5) is 18.4. The summed E-state index contributed by atoms with van der Waals surface area (Å²) in [6.07, 6.45) is 8.43. The van der Waals surface area contributed by atoms with Crippen molar-refractivity contribution >= 4 is 17.7 Å². The van der Waals surface area contributed by atoms with Crippen LogP contribution in [0.3, 0.4) is 0 Å². The van der Waals surface area contributed by atoms with Gasteiger partial charge in [0.1, 0.15) is 0 Å². The highest BCUT2D eigenvalue weighted by atomic mass is 32.2. The molecule has 3 nitrogen and oxygen atoms in total. The Bertz CT molecular complexity index is 575. The number of terminal acetylenes is 1. The maximum atomic E-state index is 12.7. The van der Waals surface area contributed by atoms with E-state index < -0.39 is 0 Å². The number of carbonyl (C=O) groups excluding carboxylic acids is 1. The molecule has 128 valence electrons. The third kappa shape index (κ3) is 4.55. The Kier molecular flexibility index (Phi) is 6.23. The van der Waals surface area contributed by atoms with Gasteiger partial charge in [0.05, 0.1) is 6.54 Å². The standard InChI is InChI=1S/C20H26N2OS/c1-2-11-21-12-9-18(10-13-21)20(23)22-14-8-17(15-22)16-24-19-6-4-3-5-7-19/h1,3-7,17-18H,8-16H2/t17-/m1/s1. The molecule has 2 aliphatic rings. The molecule has 0 N–H and O–H groups in total. The zero-order valence-electron chi connectivity index (χ0n) is 14.2. The third-order valence-corrected chi connectivity index (χ3v) is 6.32. The highest BCUT2D eigenvalue weighted by molar-refractivity contribution is 7.99. The molecule has 4 heteroatoms. The predicted octanol–water partition coefficient (Wildman–Crippen LogP) is 2.97. The zero-order valence-corrected chi connectivity index (χ0v) is 15.0. The molecule has 0 radical (unpaired) electrons. The molecule has 1 atom stereocenters. The number of nitrogens with zero attached hydrogens (tertiary/aromatic N) is 2. The van der Waals surface area contributed by atoms with Crippen molar-refractivity contribution in [2.75, 3.05) is 38.5 Å². The van der Waals surface area contributed by atoms with Gasteiger partial charge in [0.2, 0.25) is 5.91 Å². The Labute approximate surface area is 149 Å². The summed E-state index contributed by atoms with van der Waals surface area (Å²) >= 11 is 1.91. The van der Waals surface area contributed by atoms with Gasteiger partial charge in [-0.3, -0.25) is 9.69 Å². The smallest absolute Gasteiger partial charge is 0.225 e. The minimum absolute atomic E-state index is 0.208. The molecule has 1 aromatic rings. The fraction of sp³-hybridized carbons (Fsp3) is 0.550. The van der Waals surface area contributed by atoms with E-state index in [0.29, 0.717) is 18.4 Å². The van der Waals surface area contributed by atoms with Crippen molar-refractivity contribution in [1.29, 1.82) is 0 Å². The summed E-state index contributed by atoms with van der Waals surface area (Å²) in [6.45, 7) is 4.50. The molecule has 3 rings (SSSR count). The van der Waals surface area contributed by atoms with Crippen molar-refractivity contribution in [3.05, 3.63) is 30.3 Å². The van der Waals surface area contributed by atoms with Crippen molar-refractivity contribution in [1.82, 2.24) is 9.80 Å². The molecular weight excluding hydrogens is 316 g/mol. The fourth-order valence-electron chi connectivity index (χ4n) is 3.62. The lowest BCUT2D eigenvalue weighted by Crippen LogP contribution is -2.42. The molecule has 1 aromatic carbocycles. The molecular formula is C20H26N2OS. The van der Waals surface area contributed by atoms with E-state index in [9.17, 15) is 4.79 Å². The van der Waals surface area contributed by atoms with Crippen LogP contribution in [0.1, 0.15) is 19.3 Å². The van der Waals surface area contributed by atoms with Gasteiger partial charge in [0.25, 0.3) is 0 Å². The average molecular weight is 343 g/mol. The fourth-order valence-corrected chi connectivity index (χ4v) is 4.67. The van der Waals surface area contributed by atoms with Gasteiger partial charge in [0.15, 0.2) is 0 Å². The van der Waals surface area contributed by atoms with Gasteiger partial charge in [-0.15, -0.1) is 18.2 Å². The molecule has 0 spiro atoms. The second kappa shape index (κ2) is 8.60. The quantitative estimate of drug-likeness (QED) is 0.607. The van der Waals surface area contributed by atoms with Crippen molar-refractivity contribution in [3.63, 3.8) is 0 Å². The number of amides is 1. The average Bonchev–Trinajstić information content (AvgIpc) is 3.10. The molecule has 2 fully saturated rings. The van der Waals surface area contributed by atoms with Crippen LogP contribution in [0.4, 0.5) is 0 Å². The number of piperidine rings is 1. The number of carbonyl (C=O) groups is 1. The van der Waals surface area contributed by atoms with E-state index in [-0.39, 0.29) is 5.92 Å². The maximum absolute atomic E-state index is 12.7. The van der Waals surface area contributed by atoms with Gasteiger partial charge in [-0.05, 0) is 50.4 Å². The molecule has 0 unspecified atom stereocenters. The second-order valence-electron chi connectivity index (χ2n) is 6.82. The van der Waals surface area contributed by atoms with Gasteiger partial charge >= 0.3 is 0 Å². The molecule has 2 aliphatic heterocycles. The van der Waals surface area contributed by atoms with Crippen LogP contribution in [0.25, 0.3) is 0 Å². The summed E-state index contributed by atoms with van der Waals surface area (Å²) in [6, 6.07) is 10.5. The van der Waals surface area contributed by atoms with Gasteiger partial charge in [-0.25, -0.2) is 0 Å². The molecule has 24 heavy (non-hydrogen) atoms. The van der Waals surface area contributed by atoms with Crippen molar-refractivity contribution < 1.29 is 4.79 Å². The summed E-state index contributed by atoms with van der Waals surface area (Å²) in [5.41, 5.74) is 0. The zero-order chi connectivity index (χ0) is 16.8. The van der Waals surface area contributed by atoms with E-state index in [1.54, 1.807) is 0 Å². The molecule has 0 saturated carbocycles. The molecule has 2 saturated heterocycles. The molecule has 1 amide bonds. The lowest BCUT2D eigenvalue weighted by atomic mass is 9.95. The first kappa shape index (κ1) is 17.4. The van der Waals surface area contributed by atoms with Gasteiger partial charge in [-0.2, -0.15) is 0 Å². The summed E-state index contributed by atoms with van der Waals surface area (Å²) in [5.74, 6) is 5.01. The van der Waals surface area contributed by atoms with Gasteiger partial charge in [0, 0.05) is 29.7 Å². The number of hydrogen-bond acceptors (Lipinski definition) is 3. The van der Waals surface area contributed by atoms with Crippen molar-refractivity contribution in [2.24, 2.45) is 11.8 Å². The monoisotopic (exact) mass is 342 g/mol. The minimum atomic E-state index is 0.208. The lowest BCUT2D eigenvalue weighted by molar-refractivity contribution is -0.136. The van der Waals surface area contributed by atoms with Crippen LogP contribution in [0.5, 0.6) is 0 Å². The van der Waals surface area contributed by atoms with Crippen LogP contribution in [0.2, 0.25) is 0 Å². The van der Waals surface area contributed by atoms with E-state index >= 15 is 0 Å². The van der Waals surface area contributed by atoms with Crippen LogP contribution >= 0.6 is 11.8 Å². The third-order valence-electron chi connectivity index (χ3n) is 5.08. The highest BCUT2D eigenvalue weighted by Gasteiger charge is 2.32. The predicted molar refractivity (Wildman–Crippen MR) is 99.9 cm³/mol. The summed E-state index contributed by atoms with van der Waals surface area (Å²) in [7, 11) is 0. The Balaban J connectivity index is 1.42. The largest absolute Gasteiger partial charge is 0.342 e. The van der Waals surface area contributed by atoms with Gasteiger partial charge in [-0.1, -0.05) is 24.1 Å². The molecule has 0 aliphatic carbocycles. The van der Waals surface area contributed by atoms with Crippen LogP contribution in [-0.2, 0) is 4.79 Å². The van der Waals surface area contributed by atoms with E-state index in [1.807, 2.05) is 11.8 Å². The lowest BCUT2D eigenvalue weighted by Gasteiger charge is -2.32. The molecule has 2 heterocycles. The van der Waals surface area contributed by atoms with Crippen LogP contribution < -0.4 is 0 Å². The number of thioether (sulfide) groups is 1. The molecule has 0 bridgehead atoms. The first-order valence-electron chi connectivity index (χ1n) is 8.88. The Morgan fingerprint density at radius 1 is 1.17 bits per heavy atom. The first-order valence-corrected chi connectivity index (χ1v) is 9.87. The SMILES string of the molecule is C#CCN1CCC(C(=O)N2CC[C@@H](CSc3ccccc3)C2)CC1. The van der Waals surface area contributed by atoms with Crippen molar-refractivity contribution in [3.8, 4) is 12.3 Å². The van der Waals surface area contributed by atoms with Crippen molar-refractivity contribution in [2.45, 2.75) is 24.2 Å². The number of benzene rings is 1. The van der Waals surface area contributed by atoms with Crippen LogP contribution in [-0.4, -0.2) is 54.2 Å². The minimum Gasteiger partial charge on any atom is -0.342 e. The molecule has 0 aromatic heterocycles. The topological polar surface area (TPSA) is 23.6 Å². The maximum Gasteiger partial charge on any atom is 0.225 e. The Hall–Kier alpha value is -1.44. The first-order chi connectivity index (χ1) is 11.8. The Morgan fingerprint density at radius 2 is 1.92 bits per heavy atom. The highest BCUT2D eigenvalue weighted by Crippen LogP contribution is 2.28. The van der Waals surface area contributed by atoms with E-state index in [2.05, 4.69) is 46.1 Å². The number of rotatable bonds is 5.